The molecule has 3 aromatic rings. The van der Waals surface area contributed by atoms with Crippen LogP contribution in [0.25, 0.3) is 0 Å². The molecule has 3 rings (SSSR count). The van der Waals surface area contributed by atoms with Crippen LogP contribution >= 0.6 is 0 Å². The van der Waals surface area contributed by atoms with E-state index in [9.17, 15) is 18.8 Å². The van der Waals surface area contributed by atoms with Crippen LogP contribution in [0.5, 0.6) is 17.2 Å². The van der Waals surface area contributed by atoms with Crippen LogP contribution in [0.3, 0.4) is 0 Å². The molecule has 3 aromatic carbocycles. The highest BCUT2D eigenvalue weighted by atomic mass is 19.1. The highest BCUT2D eigenvalue weighted by Crippen LogP contribution is 2.28. The predicted molar refractivity (Wildman–Crippen MR) is 145 cm³/mol. The zero-order chi connectivity index (χ0) is 28.0. The van der Waals surface area contributed by atoms with E-state index in [-0.39, 0.29) is 6.61 Å². The fourth-order valence-electron chi connectivity index (χ4n) is 3.06. The lowest BCUT2D eigenvalue weighted by atomic mass is 10.2. The largest absolute Gasteiger partial charge is 0.490 e. The molecular formula is C28H27FN4O6. The number of hydrazone groups is 1. The normalized spacial score (nSPS) is 10.4. The van der Waals surface area contributed by atoms with E-state index < -0.39 is 23.5 Å². The molecule has 3 amide bonds. The van der Waals surface area contributed by atoms with Crippen LogP contribution in [0, 0.1) is 5.82 Å². The van der Waals surface area contributed by atoms with Crippen molar-refractivity contribution < 1.29 is 33.0 Å². The lowest BCUT2D eigenvalue weighted by Crippen LogP contribution is -2.32. The van der Waals surface area contributed by atoms with Crippen molar-refractivity contribution in [3.05, 3.63) is 90.8 Å². The minimum Gasteiger partial charge on any atom is -0.490 e. The summed E-state index contributed by atoms with van der Waals surface area (Å²) in [4.78, 5) is 36.4. The molecule has 202 valence electrons. The maximum absolute atomic E-state index is 13.0. The van der Waals surface area contributed by atoms with Crippen molar-refractivity contribution in [3.63, 3.8) is 0 Å². The van der Waals surface area contributed by atoms with Gasteiger partial charge in [-0.1, -0.05) is 12.7 Å². The molecule has 0 saturated heterocycles. The topological polar surface area (TPSA) is 127 Å². The van der Waals surface area contributed by atoms with E-state index in [1.807, 2.05) is 0 Å². The van der Waals surface area contributed by atoms with Crippen molar-refractivity contribution in [3.8, 4) is 17.2 Å². The number of hydrogen-bond donors (Lipinski definition) is 3. The van der Waals surface area contributed by atoms with Gasteiger partial charge in [-0.2, -0.15) is 5.10 Å². The lowest BCUT2D eigenvalue weighted by Gasteiger charge is -2.12. The van der Waals surface area contributed by atoms with E-state index in [0.717, 1.165) is 0 Å². The molecule has 3 N–H and O–H groups in total. The van der Waals surface area contributed by atoms with Gasteiger partial charge in [0.25, 0.3) is 5.91 Å². The second-order valence-electron chi connectivity index (χ2n) is 7.76. The number of carbonyl (C=O) groups is 3. The summed E-state index contributed by atoms with van der Waals surface area (Å²) in [5, 5.41) is 8.87. The van der Waals surface area contributed by atoms with Crippen molar-refractivity contribution in [2.75, 3.05) is 30.5 Å². The molecule has 0 heterocycles. The van der Waals surface area contributed by atoms with E-state index in [2.05, 4.69) is 27.7 Å². The smallest absolute Gasteiger partial charge is 0.329 e. The van der Waals surface area contributed by atoms with Crippen LogP contribution in [0.1, 0.15) is 12.5 Å². The van der Waals surface area contributed by atoms with Crippen LogP contribution in [0.2, 0.25) is 0 Å². The van der Waals surface area contributed by atoms with Gasteiger partial charge in [-0.3, -0.25) is 14.4 Å². The quantitative estimate of drug-likeness (QED) is 0.140. The summed E-state index contributed by atoms with van der Waals surface area (Å²) in [5.74, 6) is -1.45. The molecule has 0 saturated carbocycles. The Balaban J connectivity index is 1.52. The molecule has 0 aliphatic carbocycles. The van der Waals surface area contributed by atoms with Crippen LogP contribution in [-0.2, 0) is 14.4 Å². The molecule has 11 heteroatoms. The van der Waals surface area contributed by atoms with Crippen molar-refractivity contribution in [1.82, 2.24) is 5.43 Å². The van der Waals surface area contributed by atoms with E-state index in [0.29, 0.717) is 47.4 Å². The zero-order valence-corrected chi connectivity index (χ0v) is 21.1. The highest BCUT2D eigenvalue weighted by molar-refractivity contribution is 6.39. The Kier molecular flexibility index (Phi) is 10.6. The van der Waals surface area contributed by atoms with Gasteiger partial charge in [-0.15, -0.1) is 0 Å². The third-order valence-electron chi connectivity index (χ3n) is 4.82. The Morgan fingerprint density at radius 3 is 2.26 bits per heavy atom. The van der Waals surface area contributed by atoms with E-state index in [1.54, 1.807) is 55.5 Å². The molecule has 0 fully saturated rings. The molecule has 0 unspecified atom stereocenters. The standard InChI is InChI=1S/C28H27FN4O6/c1-3-15-38-23-12-10-22(11-13-23)32-27(35)28(36)33-30-17-19-5-14-24(25(16-19)37-4-2)39-18-26(34)31-21-8-6-20(29)7-9-21/h3,5-14,16-17H,1,4,15,18H2,2H3,(H,31,34)(H,32,35)(H,33,36)/b30-17-. The van der Waals surface area contributed by atoms with Crippen LogP contribution in [0.15, 0.2) is 84.5 Å². The molecule has 39 heavy (non-hydrogen) atoms. The lowest BCUT2D eigenvalue weighted by molar-refractivity contribution is -0.136. The Hall–Kier alpha value is -5.19. The second kappa shape index (κ2) is 14.5. The summed E-state index contributed by atoms with van der Waals surface area (Å²) in [7, 11) is 0. The van der Waals surface area contributed by atoms with E-state index in [4.69, 9.17) is 14.2 Å². The third-order valence-corrected chi connectivity index (χ3v) is 4.82. The summed E-state index contributed by atoms with van der Waals surface area (Å²) in [6.07, 6.45) is 2.94. The summed E-state index contributed by atoms with van der Waals surface area (Å²) < 4.78 is 29.5. The van der Waals surface area contributed by atoms with Crippen molar-refractivity contribution >= 4 is 35.3 Å². The molecule has 0 bridgehead atoms. The number of hydrogen-bond acceptors (Lipinski definition) is 7. The van der Waals surface area contributed by atoms with Gasteiger partial charge in [-0.05, 0) is 79.2 Å². The molecule has 0 aliphatic rings. The monoisotopic (exact) mass is 534 g/mol. The average molecular weight is 535 g/mol. The first-order valence-electron chi connectivity index (χ1n) is 11.8. The molecule has 0 radical (unpaired) electrons. The van der Waals surface area contributed by atoms with Crippen LogP contribution < -0.4 is 30.3 Å². The summed E-state index contributed by atoms with van der Waals surface area (Å²) in [5.41, 5.74) is 3.54. The number of nitrogens with zero attached hydrogens (tertiary/aromatic N) is 1. The maximum Gasteiger partial charge on any atom is 0.329 e. The number of benzene rings is 3. The Labute approximate surface area is 224 Å². The third kappa shape index (κ3) is 9.32. The van der Waals surface area contributed by atoms with E-state index in [1.165, 1.54) is 30.5 Å². The number of nitrogens with one attached hydrogen (secondary N) is 3. The first-order chi connectivity index (χ1) is 18.9. The fraction of sp³-hybridized carbons (Fsp3) is 0.143. The molecular weight excluding hydrogens is 507 g/mol. The minimum absolute atomic E-state index is 0.305. The summed E-state index contributed by atoms with van der Waals surface area (Å²) in [6.45, 7) is 5.73. The van der Waals surface area contributed by atoms with Gasteiger partial charge in [0, 0.05) is 11.4 Å². The van der Waals surface area contributed by atoms with Crippen molar-refractivity contribution in [2.45, 2.75) is 6.92 Å². The second-order valence-corrected chi connectivity index (χ2v) is 7.76. The first-order valence-corrected chi connectivity index (χ1v) is 11.8. The zero-order valence-electron chi connectivity index (χ0n) is 21.1. The van der Waals surface area contributed by atoms with Gasteiger partial charge in [0.05, 0.1) is 12.8 Å². The number of carbonyl (C=O) groups excluding carboxylic acids is 3. The molecule has 0 atom stereocenters. The summed E-state index contributed by atoms with van der Waals surface area (Å²) >= 11 is 0. The van der Waals surface area contributed by atoms with Gasteiger partial charge < -0.3 is 24.8 Å². The molecule has 0 spiro atoms. The van der Waals surface area contributed by atoms with Crippen molar-refractivity contribution in [2.24, 2.45) is 5.10 Å². The number of amides is 3. The Bertz CT molecular complexity index is 1330. The minimum atomic E-state index is -0.963. The fourth-order valence-corrected chi connectivity index (χ4v) is 3.06. The molecule has 0 aliphatic heterocycles. The van der Waals surface area contributed by atoms with Crippen molar-refractivity contribution in [1.29, 1.82) is 0 Å². The van der Waals surface area contributed by atoms with Gasteiger partial charge in [0.1, 0.15) is 18.2 Å². The van der Waals surface area contributed by atoms with Gasteiger partial charge in [-0.25, -0.2) is 9.82 Å². The maximum atomic E-state index is 13.0. The predicted octanol–water partition coefficient (Wildman–Crippen LogP) is 3.90. The SMILES string of the molecule is C=CCOc1ccc(NC(=O)C(=O)N/N=C\c2ccc(OCC(=O)Nc3ccc(F)cc3)c(OCC)c2)cc1. The Morgan fingerprint density at radius 1 is 0.872 bits per heavy atom. The van der Waals surface area contributed by atoms with E-state index >= 15 is 0 Å². The van der Waals surface area contributed by atoms with Gasteiger partial charge >= 0.3 is 11.8 Å². The van der Waals surface area contributed by atoms with Gasteiger partial charge in [0.15, 0.2) is 18.1 Å². The number of halogens is 1. The summed E-state index contributed by atoms with van der Waals surface area (Å²) in [6, 6.07) is 16.6. The van der Waals surface area contributed by atoms with Crippen LogP contribution in [0.4, 0.5) is 15.8 Å². The molecule has 10 nitrogen and oxygen atoms in total. The van der Waals surface area contributed by atoms with Crippen LogP contribution in [-0.4, -0.2) is 43.8 Å². The first kappa shape index (κ1) is 28.4. The van der Waals surface area contributed by atoms with Gasteiger partial charge in [0.2, 0.25) is 0 Å². The number of anilines is 2. The molecule has 0 aromatic heterocycles. The Morgan fingerprint density at radius 2 is 1.56 bits per heavy atom. The number of rotatable bonds is 12. The highest BCUT2D eigenvalue weighted by Gasteiger charge is 2.13. The average Bonchev–Trinajstić information content (AvgIpc) is 2.93. The number of ether oxygens (including phenoxy) is 3.